The molecule has 1 aliphatic rings. The van der Waals surface area contributed by atoms with Crippen molar-refractivity contribution < 1.29 is 9.53 Å². The number of nitrogens with zero attached hydrogens (tertiary/aromatic N) is 7. The van der Waals surface area contributed by atoms with E-state index >= 15 is 0 Å². The van der Waals surface area contributed by atoms with Gasteiger partial charge in [0.25, 0.3) is 0 Å². The van der Waals surface area contributed by atoms with Crippen LogP contribution >= 0.6 is 0 Å². The third-order valence-electron chi connectivity index (χ3n) is 7.00. The Labute approximate surface area is 235 Å². The van der Waals surface area contributed by atoms with Gasteiger partial charge < -0.3 is 19.5 Å². The molecule has 0 radical (unpaired) electrons. The Bertz CT molecular complexity index is 1470. The maximum Gasteiger partial charge on any atom is 0.410 e. The van der Waals surface area contributed by atoms with E-state index in [1.807, 2.05) is 52.2 Å². The van der Waals surface area contributed by atoms with Crippen LogP contribution in [0.1, 0.15) is 44.8 Å². The molecule has 1 N–H and O–H groups in total. The smallest absolute Gasteiger partial charge is 0.410 e. The van der Waals surface area contributed by atoms with E-state index in [0.717, 1.165) is 65.8 Å². The number of hydrogen-bond acceptors (Lipinski definition) is 8. The molecule has 5 rings (SSSR count). The summed E-state index contributed by atoms with van der Waals surface area (Å²) in [5.74, 6) is 1.77. The predicted octanol–water partition coefficient (Wildman–Crippen LogP) is 4.51. The number of anilines is 1. The first kappa shape index (κ1) is 27.5. The zero-order chi connectivity index (χ0) is 28.3. The lowest BCUT2D eigenvalue weighted by molar-refractivity contribution is 0.0139. The maximum atomic E-state index is 12.4. The molecule has 1 aliphatic heterocycles. The molecule has 4 aromatic rings. The third kappa shape index (κ3) is 6.74. The highest BCUT2D eigenvalue weighted by atomic mass is 16.6. The van der Waals surface area contributed by atoms with Gasteiger partial charge in [-0.05, 0) is 57.5 Å². The number of piperazine rings is 1. The second-order valence-corrected chi connectivity index (χ2v) is 11.3. The Hall–Kier alpha value is -4.05. The summed E-state index contributed by atoms with van der Waals surface area (Å²) < 4.78 is 5.52. The highest BCUT2D eigenvalue weighted by molar-refractivity contribution is 5.81. The number of rotatable bonds is 7. The number of nitrogens with one attached hydrogen (secondary N) is 1. The van der Waals surface area contributed by atoms with Crippen molar-refractivity contribution in [1.82, 2.24) is 34.7 Å². The minimum Gasteiger partial charge on any atom is -0.444 e. The van der Waals surface area contributed by atoms with Gasteiger partial charge in [-0.15, -0.1) is 0 Å². The Kier molecular flexibility index (Phi) is 7.97. The summed E-state index contributed by atoms with van der Waals surface area (Å²) in [7, 11) is 2.02. The third-order valence-corrected chi connectivity index (χ3v) is 7.00. The quantitative estimate of drug-likeness (QED) is 0.364. The standard InChI is InChI=1S/C30H38N8O2/c1-6-36(5)28-18-25(32-20-33-28)22-7-8-24-26(16-22)35-27(34-24)17-23-15-21(9-10-31-23)19-37-11-13-38(14-12-37)29(39)40-30(2,3)4/h7-10,15-16,18,20H,6,11-14,17,19H2,1-5H3,(H,34,35). The molecule has 1 saturated heterocycles. The first-order valence-electron chi connectivity index (χ1n) is 13.8. The van der Waals surface area contributed by atoms with Crippen LogP contribution in [0.5, 0.6) is 0 Å². The summed E-state index contributed by atoms with van der Waals surface area (Å²) >= 11 is 0. The Morgan fingerprint density at radius 1 is 1.05 bits per heavy atom. The number of amides is 1. The molecule has 1 aromatic carbocycles. The molecular weight excluding hydrogens is 504 g/mol. The van der Waals surface area contributed by atoms with Gasteiger partial charge in [-0.1, -0.05) is 6.07 Å². The second kappa shape index (κ2) is 11.6. The van der Waals surface area contributed by atoms with E-state index in [0.29, 0.717) is 19.5 Å². The highest BCUT2D eigenvalue weighted by Crippen LogP contribution is 2.24. The molecule has 0 atom stereocenters. The molecule has 0 saturated carbocycles. The van der Waals surface area contributed by atoms with Crippen molar-refractivity contribution in [3.63, 3.8) is 0 Å². The first-order chi connectivity index (χ1) is 19.2. The summed E-state index contributed by atoms with van der Waals surface area (Å²) in [6, 6.07) is 12.4. The number of carbonyl (C=O) groups is 1. The number of hydrogen-bond donors (Lipinski definition) is 1. The minimum absolute atomic E-state index is 0.234. The molecule has 0 bridgehead atoms. The number of pyridine rings is 1. The van der Waals surface area contributed by atoms with E-state index in [2.05, 4.69) is 54.9 Å². The Morgan fingerprint density at radius 3 is 2.60 bits per heavy atom. The van der Waals surface area contributed by atoms with Crippen LogP contribution in [-0.2, 0) is 17.7 Å². The highest BCUT2D eigenvalue weighted by Gasteiger charge is 2.25. The van der Waals surface area contributed by atoms with E-state index < -0.39 is 5.60 Å². The number of carbonyl (C=O) groups excluding carboxylic acids is 1. The average molecular weight is 543 g/mol. The summed E-state index contributed by atoms with van der Waals surface area (Å²) in [6.45, 7) is 12.4. The number of imidazole rings is 1. The summed E-state index contributed by atoms with van der Waals surface area (Å²) in [5.41, 5.74) is 5.47. The minimum atomic E-state index is -0.476. The van der Waals surface area contributed by atoms with Crippen LogP contribution in [0.25, 0.3) is 22.3 Å². The van der Waals surface area contributed by atoms with Gasteiger partial charge >= 0.3 is 6.09 Å². The number of aromatic amines is 1. The summed E-state index contributed by atoms with van der Waals surface area (Å²) in [6.07, 6.45) is 3.85. The molecular formula is C30H38N8O2. The van der Waals surface area contributed by atoms with Crippen molar-refractivity contribution in [2.24, 2.45) is 0 Å². The van der Waals surface area contributed by atoms with Crippen molar-refractivity contribution in [2.75, 3.05) is 44.7 Å². The molecule has 210 valence electrons. The number of H-pyrrole nitrogens is 1. The Balaban J connectivity index is 1.22. The topological polar surface area (TPSA) is 103 Å². The monoisotopic (exact) mass is 542 g/mol. The van der Waals surface area contributed by atoms with Gasteiger partial charge in [-0.25, -0.2) is 19.7 Å². The molecule has 1 amide bonds. The molecule has 10 heteroatoms. The molecule has 0 spiro atoms. The zero-order valence-corrected chi connectivity index (χ0v) is 24.0. The van der Waals surface area contributed by atoms with Crippen molar-refractivity contribution >= 4 is 22.9 Å². The second-order valence-electron chi connectivity index (χ2n) is 11.3. The molecule has 0 unspecified atom stereocenters. The predicted molar refractivity (Wildman–Crippen MR) is 156 cm³/mol. The lowest BCUT2D eigenvalue weighted by atomic mass is 10.1. The van der Waals surface area contributed by atoms with E-state index in [9.17, 15) is 4.79 Å². The fourth-order valence-electron chi connectivity index (χ4n) is 4.75. The van der Waals surface area contributed by atoms with Gasteiger partial charge in [-0.3, -0.25) is 9.88 Å². The SMILES string of the molecule is CCN(C)c1cc(-c2ccc3nc(Cc4cc(CN5CCN(C(=O)OC(C)(C)C)CC5)ccn4)[nH]c3c2)ncn1. The number of aromatic nitrogens is 5. The normalized spacial score (nSPS) is 14.5. The van der Waals surface area contributed by atoms with Gasteiger partial charge in [0.1, 0.15) is 23.6 Å². The van der Waals surface area contributed by atoms with Crippen LogP contribution in [-0.4, -0.2) is 86.2 Å². The van der Waals surface area contributed by atoms with Crippen LogP contribution in [0.4, 0.5) is 10.6 Å². The van der Waals surface area contributed by atoms with Crippen LogP contribution in [0.3, 0.4) is 0 Å². The van der Waals surface area contributed by atoms with Crippen molar-refractivity contribution in [3.05, 3.63) is 66.0 Å². The Morgan fingerprint density at radius 2 is 1.85 bits per heavy atom. The first-order valence-corrected chi connectivity index (χ1v) is 13.8. The van der Waals surface area contributed by atoms with E-state index in [-0.39, 0.29) is 6.09 Å². The lowest BCUT2D eigenvalue weighted by Gasteiger charge is -2.35. The van der Waals surface area contributed by atoms with Gasteiger partial charge in [0, 0.05) is 76.3 Å². The van der Waals surface area contributed by atoms with Crippen LogP contribution in [0, 0.1) is 0 Å². The van der Waals surface area contributed by atoms with Crippen LogP contribution in [0.2, 0.25) is 0 Å². The number of fused-ring (bicyclic) bond motifs is 1. The molecule has 0 aliphatic carbocycles. The molecule has 40 heavy (non-hydrogen) atoms. The molecule has 3 aromatic heterocycles. The fraction of sp³-hybridized carbons (Fsp3) is 0.433. The van der Waals surface area contributed by atoms with Crippen molar-refractivity contribution in [1.29, 1.82) is 0 Å². The number of ether oxygens (including phenoxy) is 1. The molecule has 1 fully saturated rings. The van der Waals surface area contributed by atoms with Gasteiger partial charge in [0.05, 0.1) is 16.7 Å². The van der Waals surface area contributed by atoms with E-state index in [1.165, 1.54) is 5.56 Å². The zero-order valence-electron chi connectivity index (χ0n) is 24.0. The lowest BCUT2D eigenvalue weighted by Crippen LogP contribution is -2.49. The fourth-order valence-corrected chi connectivity index (χ4v) is 4.75. The largest absolute Gasteiger partial charge is 0.444 e. The van der Waals surface area contributed by atoms with E-state index in [1.54, 1.807) is 11.2 Å². The van der Waals surface area contributed by atoms with Gasteiger partial charge in [0.15, 0.2) is 0 Å². The van der Waals surface area contributed by atoms with Gasteiger partial charge in [0.2, 0.25) is 0 Å². The van der Waals surface area contributed by atoms with Crippen LogP contribution in [0.15, 0.2) is 48.9 Å². The maximum absolute atomic E-state index is 12.4. The van der Waals surface area contributed by atoms with Crippen molar-refractivity contribution in [3.8, 4) is 11.3 Å². The summed E-state index contributed by atoms with van der Waals surface area (Å²) in [5, 5.41) is 0. The van der Waals surface area contributed by atoms with Crippen LogP contribution < -0.4 is 4.90 Å². The molecule has 10 nitrogen and oxygen atoms in total. The molecule has 4 heterocycles. The average Bonchev–Trinajstić information content (AvgIpc) is 3.34. The van der Waals surface area contributed by atoms with Gasteiger partial charge in [-0.2, -0.15) is 0 Å². The van der Waals surface area contributed by atoms with E-state index in [4.69, 9.17) is 9.72 Å². The summed E-state index contributed by atoms with van der Waals surface area (Å²) in [4.78, 5) is 40.3. The van der Waals surface area contributed by atoms with Crippen molar-refractivity contribution in [2.45, 2.75) is 46.3 Å². The number of benzene rings is 1.